The zero-order valence-electron chi connectivity index (χ0n) is 16.6. The number of amides is 2. The summed E-state index contributed by atoms with van der Waals surface area (Å²) in [5.41, 5.74) is 1.47. The van der Waals surface area contributed by atoms with E-state index in [4.69, 9.17) is 23.2 Å². The maximum atomic E-state index is 13.1. The predicted octanol–water partition coefficient (Wildman–Crippen LogP) is 4.10. The van der Waals surface area contributed by atoms with Crippen molar-refractivity contribution in [2.24, 2.45) is 5.92 Å². The van der Waals surface area contributed by atoms with E-state index in [0.717, 1.165) is 5.69 Å². The first-order chi connectivity index (χ1) is 13.9. The molecular weight excluding hydrogens is 409 g/mol. The lowest BCUT2D eigenvalue weighted by atomic mass is 10.0. The molecule has 3 rings (SSSR count). The summed E-state index contributed by atoms with van der Waals surface area (Å²) < 4.78 is 0. The van der Waals surface area contributed by atoms with Crippen LogP contribution in [0.5, 0.6) is 0 Å². The Morgan fingerprint density at radius 1 is 0.931 bits per heavy atom. The van der Waals surface area contributed by atoms with Gasteiger partial charge in [0.05, 0.1) is 10.7 Å². The molecule has 1 atom stereocenters. The molecule has 1 heterocycles. The van der Waals surface area contributed by atoms with E-state index in [1.807, 2.05) is 43.0 Å². The van der Waals surface area contributed by atoms with E-state index < -0.39 is 6.04 Å². The molecule has 0 radical (unpaired) electrons. The molecular formula is C22H25Cl2N3O2. The number of nitrogens with one attached hydrogen (secondary N) is 1. The molecule has 29 heavy (non-hydrogen) atoms. The van der Waals surface area contributed by atoms with Gasteiger partial charge >= 0.3 is 0 Å². The summed E-state index contributed by atoms with van der Waals surface area (Å²) in [6, 6.07) is 13.8. The smallest absolute Gasteiger partial charge is 0.251 e. The SMILES string of the molecule is CC(C)[C@H](NC(=O)c1ccc(Cl)cc1)C(=O)N1CCN(c2ccccc2Cl)CC1. The normalized spacial score (nSPS) is 15.3. The van der Waals surface area contributed by atoms with Gasteiger partial charge in [0.25, 0.3) is 5.91 Å². The van der Waals surface area contributed by atoms with E-state index in [1.54, 1.807) is 24.3 Å². The van der Waals surface area contributed by atoms with Crippen molar-refractivity contribution >= 4 is 40.7 Å². The minimum Gasteiger partial charge on any atom is -0.367 e. The molecule has 0 aromatic heterocycles. The molecule has 2 aromatic rings. The molecule has 2 amide bonds. The van der Waals surface area contributed by atoms with Crippen LogP contribution in [0.3, 0.4) is 0 Å². The van der Waals surface area contributed by atoms with Crippen molar-refractivity contribution in [2.75, 3.05) is 31.1 Å². The number of piperazine rings is 1. The second kappa shape index (κ2) is 9.51. The number of benzene rings is 2. The zero-order valence-corrected chi connectivity index (χ0v) is 18.1. The van der Waals surface area contributed by atoms with Crippen LogP contribution in [0.25, 0.3) is 0 Å². The number of halogens is 2. The van der Waals surface area contributed by atoms with E-state index in [2.05, 4.69) is 10.2 Å². The third-order valence-corrected chi connectivity index (χ3v) is 5.68. The van der Waals surface area contributed by atoms with E-state index in [9.17, 15) is 9.59 Å². The number of hydrogen-bond acceptors (Lipinski definition) is 3. The molecule has 5 nitrogen and oxygen atoms in total. The fourth-order valence-corrected chi connectivity index (χ4v) is 3.79. The topological polar surface area (TPSA) is 52.7 Å². The second-order valence-corrected chi connectivity index (χ2v) is 8.31. The molecule has 1 saturated heterocycles. The molecule has 1 fully saturated rings. The lowest BCUT2D eigenvalue weighted by Gasteiger charge is -2.38. The fraction of sp³-hybridized carbons (Fsp3) is 0.364. The van der Waals surface area contributed by atoms with E-state index in [0.29, 0.717) is 41.8 Å². The summed E-state index contributed by atoms with van der Waals surface area (Å²) in [7, 11) is 0. The lowest BCUT2D eigenvalue weighted by Crippen LogP contribution is -2.56. The van der Waals surface area contributed by atoms with Crippen molar-refractivity contribution in [3.05, 3.63) is 64.1 Å². The van der Waals surface area contributed by atoms with Crippen molar-refractivity contribution < 1.29 is 9.59 Å². The van der Waals surface area contributed by atoms with E-state index in [-0.39, 0.29) is 17.7 Å². The van der Waals surface area contributed by atoms with Crippen molar-refractivity contribution in [1.82, 2.24) is 10.2 Å². The van der Waals surface area contributed by atoms with Crippen LogP contribution in [0.15, 0.2) is 48.5 Å². The quantitative estimate of drug-likeness (QED) is 0.771. The molecule has 1 aliphatic heterocycles. The lowest BCUT2D eigenvalue weighted by molar-refractivity contribution is -0.134. The number of hydrogen-bond donors (Lipinski definition) is 1. The van der Waals surface area contributed by atoms with Crippen molar-refractivity contribution in [3.8, 4) is 0 Å². The molecule has 1 aliphatic rings. The summed E-state index contributed by atoms with van der Waals surface area (Å²) in [5.74, 6) is -0.357. The molecule has 1 N–H and O–H groups in total. The Hall–Kier alpha value is -2.24. The largest absolute Gasteiger partial charge is 0.367 e. The minimum absolute atomic E-state index is 0.0275. The number of anilines is 1. The Labute approximate surface area is 181 Å². The van der Waals surface area contributed by atoms with Crippen molar-refractivity contribution in [1.29, 1.82) is 0 Å². The number of rotatable bonds is 5. The maximum Gasteiger partial charge on any atom is 0.251 e. The molecule has 2 aromatic carbocycles. The second-order valence-electron chi connectivity index (χ2n) is 7.47. The van der Waals surface area contributed by atoms with Crippen LogP contribution in [0.4, 0.5) is 5.69 Å². The Balaban J connectivity index is 1.63. The average molecular weight is 434 g/mol. The van der Waals surface area contributed by atoms with Gasteiger partial charge in [-0.3, -0.25) is 9.59 Å². The van der Waals surface area contributed by atoms with Crippen LogP contribution in [0.1, 0.15) is 24.2 Å². The van der Waals surface area contributed by atoms with E-state index >= 15 is 0 Å². The standard InChI is InChI=1S/C22H25Cl2N3O2/c1-15(2)20(25-21(28)16-7-9-17(23)10-8-16)22(29)27-13-11-26(12-14-27)19-6-4-3-5-18(19)24/h3-10,15,20H,11-14H2,1-2H3,(H,25,28)/t20-/m0/s1. The van der Waals surface area contributed by atoms with Crippen LogP contribution < -0.4 is 10.2 Å². The number of carbonyl (C=O) groups excluding carboxylic acids is 2. The minimum atomic E-state index is -0.579. The van der Waals surface area contributed by atoms with Crippen LogP contribution in [0.2, 0.25) is 10.0 Å². The van der Waals surface area contributed by atoms with Gasteiger partial charge < -0.3 is 15.1 Å². The molecule has 0 saturated carbocycles. The molecule has 154 valence electrons. The van der Waals surface area contributed by atoms with Crippen LogP contribution in [-0.2, 0) is 4.79 Å². The maximum absolute atomic E-state index is 13.1. The van der Waals surface area contributed by atoms with Gasteiger partial charge in [0, 0.05) is 36.8 Å². The van der Waals surface area contributed by atoms with Crippen LogP contribution in [-0.4, -0.2) is 48.9 Å². The van der Waals surface area contributed by atoms with Gasteiger partial charge in [-0.05, 0) is 42.3 Å². The van der Waals surface area contributed by atoms with Crippen LogP contribution in [0, 0.1) is 5.92 Å². The summed E-state index contributed by atoms with van der Waals surface area (Å²) in [6.07, 6.45) is 0. The Bertz CT molecular complexity index is 863. The van der Waals surface area contributed by atoms with Gasteiger partial charge in [-0.25, -0.2) is 0 Å². The fourth-order valence-electron chi connectivity index (χ4n) is 3.41. The third-order valence-electron chi connectivity index (χ3n) is 5.11. The zero-order chi connectivity index (χ0) is 21.0. The van der Waals surface area contributed by atoms with E-state index in [1.165, 1.54) is 0 Å². The summed E-state index contributed by atoms with van der Waals surface area (Å²) in [5, 5.41) is 4.17. The third kappa shape index (κ3) is 5.22. The highest BCUT2D eigenvalue weighted by molar-refractivity contribution is 6.33. The Morgan fingerprint density at radius 3 is 2.14 bits per heavy atom. The van der Waals surface area contributed by atoms with Gasteiger partial charge in [-0.15, -0.1) is 0 Å². The first-order valence-electron chi connectivity index (χ1n) is 9.71. The monoisotopic (exact) mass is 433 g/mol. The summed E-state index contributed by atoms with van der Waals surface area (Å²) >= 11 is 12.2. The Kier molecular flexibility index (Phi) is 7.04. The number of para-hydroxylation sites is 1. The first-order valence-corrected chi connectivity index (χ1v) is 10.5. The van der Waals surface area contributed by atoms with Gasteiger partial charge in [0.1, 0.15) is 6.04 Å². The van der Waals surface area contributed by atoms with Gasteiger partial charge in [-0.2, -0.15) is 0 Å². The number of nitrogens with zero attached hydrogens (tertiary/aromatic N) is 2. The van der Waals surface area contributed by atoms with Gasteiger partial charge in [-0.1, -0.05) is 49.2 Å². The first kappa shape index (κ1) is 21.5. The van der Waals surface area contributed by atoms with Crippen LogP contribution >= 0.6 is 23.2 Å². The molecule has 7 heteroatoms. The number of carbonyl (C=O) groups is 2. The van der Waals surface area contributed by atoms with Crippen molar-refractivity contribution in [3.63, 3.8) is 0 Å². The molecule has 0 unspecified atom stereocenters. The highest BCUT2D eigenvalue weighted by Gasteiger charge is 2.31. The molecule has 0 bridgehead atoms. The summed E-state index contributed by atoms with van der Waals surface area (Å²) in [6.45, 7) is 6.44. The Morgan fingerprint density at radius 2 is 1.55 bits per heavy atom. The molecule has 0 spiro atoms. The van der Waals surface area contributed by atoms with Gasteiger partial charge in [0.2, 0.25) is 5.91 Å². The predicted molar refractivity (Wildman–Crippen MR) is 118 cm³/mol. The van der Waals surface area contributed by atoms with Gasteiger partial charge in [0.15, 0.2) is 0 Å². The molecule has 0 aliphatic carbocycles. The highest BCUT2D eigenvalue weighted by Crippen LogP contribution is 2.26. The summed E-state index contributed by atoms with van der Waals surface area (Å²) in [4.78, 5) is 29.7. The van der Waals surface area contributed by atoms with Crippen molar-refractivity contribution in [2.45, 2.75) is 19.9 Å². The average Bonchev–Trinajstić information content (AvgIpc) is 2.72. The highest BCUT2D eigenvalue weighted by atomic mass is 35.5.